The van der Waals surface area contributed by atoms with Crippen molar-refractivity contribution in [2.75, 3.05) is 11.9 Å². The summed E-state index contributed by atoms with van der Waals surface area (Å²) in [6.45, 7) is -0.161. The molecule has 3 rings (SSSR count). The van der Waals surface area contributed by atoms with Crippen LogP contribution in [0.15, 0.2) is 58.3 Å². The smallest absolute Gasteiger partial charge is 0.240 e. The number of rotatable bonds is 8. The highest BCUT2D eigenvalue weighted by atomic mass is 32.2. The molecule has 10 heteroatoms. The second-order valence-electron chi connectivity index (χ2n) is 7.13. The fourth-order valence-electron chi connectivity index (χ4n) is 3.36. The number of halogens is 1. The maximum atomic E-state index is 12.9. The summed E-state index contributed by atoms with van der Waals surface area (Å²) in [6.07, 6.45) is 2.93. The van der Waals surface area contributed by atoms with Gasteiger partial charge in [0.25, 0.3) is 0 Å². The SMILES string of the molecule is O=C(CCNS(=O)(=O)c1ccc(F)cc1)Nc1cccc(S(=O)(=O)C2CCCC2)c1. The lowest BCUT2D eigenvalue weighted by molar-refractivity contribution is -0.116. The van der Waals surface area contributed by atoms with Crippen LogP contribution in [-0.2, 0) is 24.7 Å². The summed E-state index contributed by atoms with van der Waals surface area (Å²) in [4.78, 5) is 12.2. The van der Waals surface area contributed by atoms with Gasteiger partial charge in [-0.25, -0.2) is 25.9 Å². The first-order chi connectivity index (χ1) is 14.2. The molecule has 0 heterocycles. The summed E-state index contributed by atoms with van der Waals surface area (Å²) in [6, 6.07) is 10.4. The van der Waals surface area contributed by atoms with Crippen LogP contribution in [0.1, 0.15) is 32.1 Å². The van der Waals surface area contributed by atoms with Crippen LogP contribution in [-0.4, -0.2) is 34.5 Å². The van der Waals surface area contributed by atoms with Crippen LogP contribution in [0, 0.1) is 5.82 Å². The molecule has 0 atom stereocenters. The van der Waals surface area contributed by atoms with Crippen molar-refractivity contribution < 1.29 is 26.0 Å². The Labute approximate surface area is 175 Å². The lowest BCUT2D eigenvalue weighted by Crippen LogP contribution is -2.28. The number of hydrogen-bond donors (Lipinski definition) is 2. The number of amides is 1. The van der Waals surface area contributed by atoms with E-state index in [0.717, 1.165) is 37.1 Å². The standard InChI is InChI=1S/C20H23FN2O5S2/c21-15-8-10-18(11-9-15)30(27,28)22-13-12-20(24)23-16-4-3-7-19(14-16)29(25,26)17-5-1-2-6-17/h3-4,7-11,14,17,22H,1-2,5-6,12-13H2,(H,23,24). The Morgan fingerprint density at radius 2 is 1.63 bits per heavy atom. The average Bonchev–Trinajstić information content (AvgIpc) is 3.24. The second kappa shape index (κ2) is 9.23. The van der Waals surface area contributed by atoms with Crippen LogP contribution in [0.5, 0.6) is 0 Å². The van der Waals surface area contributed by atoms with Gasteiger partial charge in [0.1, 0.15) is 5.82 Å². The number of anilines is 1. The highest BCUT2D eigenvalue weighted by molar-refractivity contribution is 7.92. The van der Waals surface area contributed by atoms with Gasteiger partial charge in [0.05, 0.1) is 15.0 Å². The molecule has 30 heavy (non-hydrogen) atoms. The molecule has 162 valence electrons. The van der Waals surface area contributed by atoms with Gasteiger partial charge in [-0.1, -0.05) is 18.9 Å². The highest BCUT2D eigenvalue weighted by Gasteiger charge is 2.30. The molecule has 0 radical (unpaired) electrons. The molecule has 0 aliphatic heterocycles. The minimum atomic E-state index is -3.86. The normalized spacial score (nSPS) is 15.2. The van der Waals surface area contributed by atoms with E-state index in [1.54, 1.807) is 12.1 Å². The largest absolute Gasteiger partial charge is 0.326 e. The number of hydrogen-bond acceptors (Lipinski definition) is 5. The first-order valence-corrected chi connectivity index (χ1v) is 12.6. The third-order valence-corrected chi connectivity index (χ3v) is 8.69. The van der Waals surface area contributed by atoms with Gasteiger partial charge in [0.2, 0.25) is 15.9 Å². The number of nitrogens with one attached hydrogen (secondary N) is 2. The summed E-state index contributed by atoms with van der Waals surface area (Å²) in [5, 5.41) is 2.21. The molecule has 0 bridgehead atoms. The average molecular weight is 455 g/mol. The molecule has 0 unspecified atom stereocenters. The topological polar surface area (TPSA) is 109 Å². The molecule has 1 amide bonds. The number of carbonyl (C=O) groups is 1. The van der Waals surface area contributed by atoms with Crippen molar-refractivity contribution in [2.45, 2.75) is 47.1 Å². The van der Waals surface area contributed by atoms with Gasteiger partial charge in [0.15, 0.2) is 9.84 Å². The van der Waals surface area contributed by atoms with Gasteiger partial charge in [-0.05, 0) is 55.3 Å². The molecule has 1 saturated carbocycles. The Hall–Kier alpha value is -2.30. The Bertz CT molecular complexity index is 1110. The molecule has 0 saturated heterocycles. The third kappa shape index (κ3) is 5.44. The molecule has 1 aliphatic rings. The summed E-state index contributed by atoms with van der Waals surface area (Å²) in [7, 11) is -7.29. The predicted molar refractivity (Wildman–Crippen MR) is 111 cm³/mol. The van der Waals surface area contributed by atoms with E-state index in [2.05, 4.69) is 10.0 Å². The molecular weight excluding hydrogens is 431 g/mol. The second-order valence-corrected chi connectivity index (χ2v) is 11.1. The minimum absolute atomic E-state index is 0.103. The summed E-state index contributed by atoms with van der Waals surface area (Å²) in [5.74, 6) is -1.02. The van der Waals surface area contributed by atoms with Crippen LogP contribution in [0.3, 0.4) is 0 Å². The molecular formula is C20H23FN2O5S2. The number of sulfonamides is 1. The third-order valence-electron chi connectivity index (χ3n) is 4.96. The van der Waals surface area contributed by atoms with Crippen molar-refractivity contribution in [3.8, 4) is 0 Å². The molecule has 1 aliphatic carbocycles. The van der Waals surface area contributed by atoms with Crippen LogP contribution in [0.25, 0.3) is 0 Å². The molecule has 2 aromatic carbocycles. The van der Waals surface area contributed by atoms with Crippen molar-refractivity contribution in [1.82, 2.24) is 4.72 Å². The first-order valence-electron chi connectivity index (χ1n) is 9.57. The van der Waals surface area contributed by atoms with Crippen LogP contribution < -0.4 is 10.0 Å². The summed E-state index contributed by atoms with van der Waals surface area (Å²) in [5.41, 5.74) is 0.334. The van der Waals surface area contributed by atoms with Gasteiger partial charge >= 0.3 is 0 Å². The fourth-order valence-corrected chi connectivity index (χ4v) is 6.29. The van der Waals surface area contributed by atoms with E-state index in [9.17, 15) is 26.0 Å². The van der Waals surface area contributed by atoms with E-state index < -0.39 is 31.6 Å². The first kappa shape index (κ1) is 22.4. The Morgan fingerprint density at radius 1 is 0.967 bits per heavy atom. The van der Waals surface area contributed by atoms with Crippen molar-refractivity contribution in [3.05, 3.63) is 54.3 Å². The Kier molecular flexibility index (Phi) is 6.89. The highest BCUT2D eigenvalue weighted by Crippen LogP contribution is 2.30. The van der Waals surface area contributed by atoms with E-state index in [4.69, 9.17) is 0 Å². The quantitative estimate of drug-likeness (QED) is 0.637. The monoisotopic (exact) mass is 454 g/mol. The predicted octanol–water partition coefficient (Wildman–Crippen LogP) is 2.85. The zero-order valence-corrected chi connectivity index (χ0v) is 17.8. The zero-order chi connectivity index (χ0) is 21.8. The fraction of sp³-hybridized carbons (Fsp3) is 0.350. The Morgan fingerprint density at radius 3 is 2.30 bits per heavy atom. The molecule has 2 aromatic rings. The van der Waals surface area contributed by atoms with Gasteiger partial charge < -0.3 is 5.32 Å². The van der Waals surface area contributed by atoms with Crippen LogP contribution in [0.2, 0.25) is 0 Å². The van der Waals surface area contributed by atoms with E-state index in [1.165, 1.54) is 12.1 Å². The number of sulfone groups is 1. The van der Waals surface area contributed by atoms with Gasteiger partial charge in [-0.2, -0.15) is 0 Å². The van der Waals surface area contributed by atoms with Crippen molar-refractivity contribution in [2.24, 2.45) is 0 Å². The lowest BCUT2D eigenvalue weighted by Gasteiger charge is -2.13. The maximum Gasteiger partial charge on any atom is 0.240 e. The van der Waals surface area contributed by atoms with Crippen LogP contribution in [0.4, 0.5) is 10.1 Å². The molecule has 0 spiro atoms. The van der Waals surface area contributed by atoms with Crippen molar-refractivity contribution in [3.63, 3.8) is 0 Å². The van der Waals surface area contributed by atoms with Crippen molar-refractivity contribution >= 4 is 31.5 Å². The molecule has 2 N–H and O–H groups in total. The summed E-state index contributed by atoms with van der Waals surface area (Å²) >= 11 is 0. The van der Waals surface area contributed by atoms with Gasteiger partial charge in [-0.15, -0.1) is 0 Å². The van der Waals surface area contributed by atoms with E-state index in [-0.39, 0.29) is 28.0 Å². The minimum Gasteiger partial charge on any atom is -0.326 e. The van der Waals surface area contributed by atoms with E-state index in [0.29, 0.717) is 18.5 Å². The molecule has 0 aromatic heterocycles. The van der Waals surface area contributed by atoms with Gasteiger partial charge in [0, 0.05) is 18.7 Å². The van der Waals surface area contributed by atoms with Crippen LogP contribution >= 0.6 is 0 Å². The van der Waals surface area contributed by atoms with E-state index in [1.807, 2.05) is 0 Å². The maximum absolute atomic E-state index is 12.9. The lowest BCUT2D eigenvalue weighted by atomic mass is 10.3. The molecule has 7 nitrogen and oxygen atoms in total. The number of benzene rings is 2. The van der Waals surface area contributed by atoms with Gasteiger partial charge in [-0.3, -0.25) is 4.79 Å². The summed E-state index contributed by atoms with van der Waals surface area (Å²) < 4.78 is 64.9. The van der Waals surface area contributed by atoms with Crippen molar-refractivity contribution in [1.29, 1.82) is 0 Å². The van der Waals surface area contributed by atoms with E-state index >= 15 is 0 Å². The Balaban J connectivity index is 1.57. The molecule has 1 fully saturated rings. The zero-order valence-electron chi connectivity index (χ0n) is 16.2. The number of carbonyl (C=O) groups excluding carboxylic acids is 1.